The van der Waals surface area contributed by atoms with Crippen LogP contribution in [0.3, 0.4) is 0 Å². The van der Waals surface area contributed by atoms with Crippen LogP contribution in [0.4, 0.5) is 5.69 Å². The zero-order chi connectivity index (χ0) is 22.7. The summed E-state index contributed by atoms with van der Waals surface area (Å²) in [5, 5.41) is 4.39. The highest BCUT2D eigenvalue weighted by molar-refractivity contribution is 7.92. The highest BCUT2D eigenvalue weighted by Gasteiger charge is 2.21. The van der Waals surface area contributed by atoms with Crippen LogP contribution in [0.1, 0.15) is 22.8 Å². The zero-order valence-electron chi connectivity index (χ0n) is 17.3. The molecule has 0 N–H and O–H groups in total. The number of hydrogen-bond acceptors (Lipinski definition) is 5. The van der Waals surface area contributed by atoms with Crippen LogP contribution >= 0.6 is 0 Å². The molecule has 2 heterocycles. The number of sulfonamides is 1. The van der Waals surface area contributed by atoms with Gasteiger partial charge in [-0.3, -0.25) is 9.10 Å². The van der Waals surface area contributed by atoms with Crippen molar-refractivity contribution in [3.05, 3.63) is 84.2 Å². The summed E-state index contributed by atoms with van der Waals surface area (Å²) < 4.78 is 27.8. The Morgan fingerprint density at radius 3 is 2.62 bits per heavy atom. The van der Waals surface area contributed by atoms with E-state index >= 15 is 0 Å². The molecule has 2 aromatic carbocycles. The van der Waals surface area contributed by atoms with Gasteiger partial charge in [0.15, 0.2) is 11.4 Å². The van der Waals surface area contributed by atoms with Crippen molar-refractivity contribution in [1.29, 1.82) is 0 Å². The fraction of sp³-hybridized carbons (Fsp3) is 0.125. The number of carbonyl (C=O) groups excluding carboxylic acids is 1. The molecule has 0 aliphatic carbocycles. The molecule has 0 aliphatic rings. The van der Waals surface area contributed by atoms with Crippen LogP contribution in [0.25, 0.3) is 16.9 Å². The summed E-state index contributed by atoms with van der Waals surface area (Å²) in [6.07, 6.45) is 8.51. The van der Waals surface area contributed by atoms with Gasteiger partial charge in [0.2, 0.25) is 10.0 Å². The molecule has 0 spiro atoms. The van der Waals surface area contributed by atoms with Gasteiger partial charge in [0.25, 0.3) is 0 Å². The lowest BCUT2D eigenvalue weighted by molar-refractivity contribution is 0.104. The molecule has 8 heteroatoms. The minimum atomic E-state index is -3.54. The van der Waals surface area contributed by atoms with Crippen molar-refractivity contribution in [2.45, 2.75) is 6.92 Å². The molecule has 0 amide bonds. The number of nitrogens with zero attached hydrogens (tertiary/aromatic N) is 4. The average Bonchev–Trinajstić information content (AvgIpc) is 3.27. The maximum absolute atomic E-state index is 12.9. The second kappa shape index (κ2) is 8.65. The van der Waals surface area contributed by atoms with Crippen LogP contribution in [0.5, 0.6) is 0 Å². The summed E-state index contributed by atoms with van der Waals surface area (Å²) in [5.41, 5.74) is 3.19. The van der Waals surface area contributed by atoms with E-state index in [-0.39, 0.29) is 18.1 Å². The Morgan fingerprint density at radius 2 is 1.91 bits per heavy atom. The molecule has 4 aromatic rings. The van der Waals surface area contributed by atoms with Crippen molar-refractivity contribution in [2.24, 2.45) is 0 Å². The van der Waals surface area contributed by atoms with Crippen molar-refractivity contribution >= 4 is 27.1 Å². The number of aromatic nitrogens is 3. The smallest absolute Gasteiger partial charge is 0.235 e. The van der Waals surface area contributed by atoms with E-state index in [9.17, 15) is 13.2 Å². The van der Waals surface area contributed by atoms with E-state index in [4.69, 9.17) is 6.42 Å². The van der Waals surface area contributed by atoms with E-state index < -0.39 is 10.0 Å². The van der Waals surface area contributed by atoms with Crippen LogP contribution in [-0.2, 0) is 10.0 Å². The van der Waals surface area contributed by atoms with Gasteiger partial charge >= 0.3 is 0 Å². The lowest BCUT2D eigenvalue weighted by Crippen LogP contribution is -2.32. The van der Waals surface area contributed by atoms with Crippen molar-refractivity contribution in [3.63, 3.8) is 0 Å². The molecule has 0 unspecified atom stereocenters. The second-order valence-corrected chi connectivity index (χ2v) is 9.16. The molecule has 0 atom stereocenters. The lowest BCUT2D eigenvalue weighted by Gasteiger charge is -2.22. The van der Waals surface area contributed by atoms with E-state index in [0.29, 0.717) is 33.7 Å². The third-order valence-electron chi connectivity index (χ3n) is 5.05. The Morgan fingerprint density at radius 1 is 1.12 bits per heavy atom. The molecule has 0 saturated heterocycles. The number of hydrogen-bond donors (Lipinski definition) is 0. The van der Waals surface area contributed by atoms with E-state index in [0.717, 1.165) is 0 Å². The number of benzene rings is 2. The molecular weight excluding hydrogens is 424 g/mol. The van der Waals surface area contributed by atoms with Crippen LogP contribution < -0.4 is 4.31 Å². The van der Waals surface area contributed by atoms with Crippen molar-refractivity contribution in [3.8, 4) is 23.6 Å². The fourth-order valence-corrected chi connectivity index (χ4v) is 4.44. The van der Waals surface area contributed by atoms with Gasteiger partial charge < -0.3 is 0 Å². The van der Waals surface area contributed by atoms with Gasteiger partial charge in [0.05, 0.1) is 35.4 Å². The van der Waals surface area contributed by atoms with Crippen LogP contribution in [0, 0.1) is 12.3 Å². The predicted octanol–water partition coefficient (Wildman–Crippen LogP) is 3.42. The first kappa shape index (κ1) is 21.3. The van der Waals surface area contributed by atoms with Gasteiger partial charge in [-0.2, -0.15) is 5.10 Å². The molecular formula is C24H20N4O3S. The first-order valence-corrected chi connectivity index (χ1v) is 11.5. The molecule has 0 saturated carbocycles. The van der Waals surface area contributed by atoms with Gasteiger partial charge in [-0.15, -0.1) is 6.42 Å². The SMILES string of the molecule is C#CCN(c1cccc(-c2ccnc3c(C(=O)c4ccccc4)cnn23)c1)S(=O)(=O)CC. The van der Waals surface area contributed by atoms with E-state index in [1.807, 2.05) is 12.1 Å². The summed E-state index contributed by atoms with van der Waals surface area (Å²) in [6, 6.07) is 17.7. The van der Waals surface area contributed by atoms with Gasteiger partial charge in [-0.05, 0) is 25.1 Å². The quantitative estimate of drug-likeness (QED) is 0.322. The molecule has 7 nitrogen and oxygen atoms in total. The molecule has 0 bridgehead atoms. The predicted molar refractivity (Wildman–Crippen MR) is 124 cm³/mol. The number of fused-ring (bicyclic) bond motifs is 1. The summed E-state index contributed by atoms with van der Waals surface area (Å²) >= 11 is 0. The maximum atomic E-state index is 12.9. The second-order valence-electron chi connectivity index (χ2n) is 6.98. The number of ketones is 1. The first-order valence-electron chi connectivity index (χ1n) is 9.93. The van der Waals surface area contributed by atoms with Crippen molar-refractivity contribution < 1.29 is 13.2 Å². The van der Waals surface area contributed by atoms with Gasteiger partial charge in [0, 0.05) is 17.3 Å². The third kappa shape index (κ3) is 3.86. The normalized spacial score (nSPS) is 11.2. The monoisotopic (exact) mass is 444 g/mol. The molecule has 160 valence electrons. The van der Waals surface area contributed by atoms with E-state index in [1.165, 1.54) is 10.5 Å². The minimum Gasteiger partial charge on any atom is -0.288 e. The van der Waals surface area contributed by atoms with Crippen LogP contribution in [-0.4, -0.2) is 41.1 Å². The van der Waals surface area contributed by atoms with Crippen molar-refractivity contribution in [1.82, 2.24) is 14.6 Å². The molecule has 2 aromatic heterocycles. The Kier molecular flexibility index (Phi) is 5.75. The Labute approximate surface area is 186 Å². The summed E-state index contributed by atoms with van der Waals surface area (Å²) in [6.45, 7) is 1.51. The summed E-state index contributed by atoms with van der Waals surface area (Å²) in [7, 11) is -3.54. The van der Waals surface area contributed by atoms with Gasteiger partial charge in [-0.1, -0.05) is 48.4 Å². The average molecular weight is 445 g/mol. The van der Waals surface area contributed by atoms with E-state index in [1.54, 1.807) is 66.2 Å². The summed E-state index contributed by atoms with van der Waals surface area (Å²) in [4.78, 5) is 17.3. The summed E-state index contributed by atoms with van der Waals surface area (Å²) in [5.74, 6) is 2.17. The number of carbonyl (C=O) groups is 1. The van der Waals surface area contributed by atoms with Crippen molar-refractivity contribution in [2.75, 3.05) is 16.6 Å². The maximum Gasteiger partial charge on any atom is 0.235 e. The third-order valence-corrected chi connectivity index (χ3v) is 6.79. The highest BCUT2D eigenvalue weighted by Crippen LogP contribution is 2.27. The van der Waals surface area contributed by atoms with Gasteiger partial charge in [0.1, 0.15) is 0 Å². The van der Waals surface area contributed by atoms with Gasteiger partial charge in [-0.25, -0.2) is 17.9 Å². The largest absolute Gasteiger partial charge is 0.288 e. The van der Waals surface area contributed by atoms with Crippen LogP contribution in [0.2, 0.25) is 0 Å². The van der Waals surface area contributed by atoms with E-state index in [2.05, 4.69) is 16.0 Å². The highest BCUT2D eigenvalue weighted by atomic mass is 32.2. The molecule has 32 heavy (non-hydrogen) atoms. The molecule has 0 aliphatic heterocycles. The molecule has 0 fully saturated rings. The molecule has 0 radical (unpaired) electrons. The zero-order valence-corrected chi connectivity index (χ0v) is 18.2. The van der Waals surface area contributed by atoms with Crippen LogP contribution in [0.15, 0.2) is 73.1 Å². The minimum absolute atomic E-state index is 0.0666. The topological polar surface area (TPSA) is 84.6 Å². The number of rotatable bonds is 7. The lowest BCUT2D eigenvalue weighted by atomic mass is 10.1. The first-order chi connectivity index (χ1) is 15.5. The number of anilines is 1. The standard InChI is InChI=1S/C24H20N4O3S/c1-3-15-27(32(30,31)4-2)20-12-8-11-19(16-20)22-13-14-25-24-21(17-26-28(22)24)23(29)18-9-6-5-7-10-18/h1,5-14,16-17H,4,15H2,2H3. The Hall–Kier alpha value is -3.96. The Bertz CT molecular complexity index is 1440. The number of terminal acetylenes is 1. The Balaban J connectivity index is 1.80. The molecule has 4 rings (SSSR count). The fourth-order valence-electron chi connectivity index (χ4n) is 3.42.